The number of halogens is 1. The summed E-state index contributed by atoms with van der Waals surface area (Å²) < 4.78 is 33.7. The van der Waals surface area contributed by atoms with E-state index >= 15 is 0 Å². The van der Waals surface area contributed by atoms with Gasteiger partial charge in [-0.05, 0) is 91.9 Å². The predicted molar refractivity (Wildman–Crippen MR) is 141 cm³/mol. The van der Waals surface area contributed by atoms with E-state index in [4.69, 9.17) is 16.3 Å². The summed E-state index contributed by atoms with van der Waals surface area (Å²) >= 11 is 5.96. The third kappa shape index (κ3) is 6.16. The minimum atomic E-state index is -4.02. The van der Waals surface area contributed by atoms with Crippen LogP contribution in [0.15, 0.2) is 65.6 Å². The zero-order valence-corrected chi connectivity index (χ0v) is 22.2. The van der Waals surface area contributed by atoms with Gasteiger partial charge in [0.1, 0.15) is 12.3 Å². The molecule has 35 heavy (non-hydrogen) atoms. The van der Waals surface area contributed by atoms with Crippen LogP contribution in [0.25, 0.3) is 0 Å². The number of rotatable bonds is 9. The van der Waals surface area contributed by atoms with Crippen molar-refractivity contribution in [3.63, 3.8) is 0 Å². The third-order valence-corrected chi connectivity index (χ3v) is 8.07. The second kappa shape index (κ2) is 11.1. The Kier molecular flexibility index (Phi) is 8.46. The lowest BCUT2D eigenvalue weighted by Gasteiger charge is -2.26. The highest BCUT2D eigenvalue weighted by atomic mass is 35.5. The molecule has 0 aliphatic carbocycles. The van der Waals surface area contributed by atoms with Crippen LogP contribution in [0.5, 0.6) is 5.75 Å². The second-order valence-electron chi connectivity index (χ2n) is 8.49. The van der Waals surface area contributed by atoms with Gasteiger partial charge in [0, 0.05) is 5.02 Å². The fraction of sp³-hybridized carbons (Fsp3) is 0.296. The van der Waals surface area contributed by atoms with Crippen LogP contribution in [-0.4, -0.2) is 28.0 Å². The lowest BCUT2D eigenvalue weighted by atomic mass is 10.0. The monoisotopic (exact) mass is 514 g/mol. The first-order valence-electron chi connectivity index (χ1n) is 11.4. The summed E-state index contributed by atoms with van der Waals surface area (Å²) in [6.45, 7) is 7.41. The maximum atomic E-state index is 13.6. The number of carbonyl (C=O) groups is 1. The second-order valence-corrected chi connectivity index (χ2v) is 10.8. The molecule has 3 aromatic carbocycles. The van der Waals surface area contributed by atoms with Gasteiger partial charge in [0.05, 0.1) is 23.7 Å². The van der Waals surface area contributed by atoms with Crippen LogP contribution >= 0.6 is 11.6 Å². The number of carbonyl (C=O) groups excluding carboxylic acids is 1. The van der Waals surface area contributed by atoms with Crippen LogP contribution in [0.3, 0.4) is 0 Å². The molecule has 3 rings (SSSR count). The van der Waals surface area contributed by atoms with Crippen LogP contribution in [0.2, 0.25) is 5.02 Å². The number of nitrogens with one attached hydrogen (secondary N) is 1. The number of amides is 1. The van der Waals surface area contributed by atoms with Gasteiger partial charge in [0.25, 0.3) is 10.0 Å². The quantitative estimate of drug-likeness (QED) is 0.395. The average Bonchev–Trinajstić information content (AvgIpc) is 2.83. The maximum absolute atomic E-state index is 13.6. The molecule has 1 atom stereocenters. The van der Waals surface area contributed by atoms with Gasteiger partial charge in [-0.15, -0.1) is 0 Å². The van der Waals surface area contributed by atoms with E-state index in [0.717, 1.165) is 32.3 Å². The molecule has 0 fully saturated rings. The van der Waals surface area contributed by atoms with Crippen LogP contribution in [-0.2, 0) is 14.8 Å². The minimum absolute atomic E-state index is 0.0609. The molecule has 0 unspecified atom stereocenters. The van der Waals surface area contributed by atoms with Gasteiger partial charge in [-0.1, -0.05) is 36.7 Å². The summed E-state index contributed by atoms with van der Waals surface area (Å²) in [5.41, 5.74) is 4.27. The van der Waals surface area contributed by atoms with Crippen molar-refractivity contribution in [3.05, 3.63) is 87.9 Å². The SMILES string of the molecule is CC[C@@H](NC(=O)CN(c1ccc(C)c(C)c1)S(=O)(=O)c1ccc(Cl)cc1)c1ccc(OC)c(C)c1. The number of methoxy groups -OCH3 is 1. The first-order valence-corrected chi connectivity index (χ1v) is 13.2. The minimum Gasteiger partial charge on any atom is -0.496 e. The van der Waals surface area contributed by atoms with Crippen LogP contribution < -0.4 is 14.4 Å². The summed E-state index contributed by atoms with van der Waals surface area (Å²) in [6, 6.07) is 16.7. The van der Waals surface area contributed by atoms with E-state index < -0.39 is 15.9 Å². The van der Waals surface area contributed by atoms with Crippen molar-refractivity contribution in [3.8, 4) is 5.75 Å². The molecule has 8 heteroatoms. The molecule has 0 aliphatic rings. The first kappa shape index (κ1) is 26.6. The normalized spacial score (nSPS) is 12.2. The summed E-state index contributed by atoms with van der Waals surface area (Å²) in [5, 5.41) is 3.43. The van der Waals surface area contributed by atoms with Gasteiger partial charge >= 0.3 is 0 Å². The Balaban J connectivity index is 1.93. The average molecular weight is 515 g/mol. The van der Waals surface area contributed by atoms with E-state index in [1.165, 1.54) is 24.3 Å². The van der Waals surface area contributed by atoms with E-state index in [1.54, 1.807) is 19.2 Å². The molecule has 6 nitrogen and oxygen atoms in total. The smallest absolute Gasteiger partial charge is 0.264 e. The predicted octanol–water partition coefficient (Wildman–Crippen LogP) is 5.74. The van der Waals surface area contributed by atoms with Crippen molar-refractivity contribution in [2.45, 2.75) is 45.1 Å². The van der Waals surface area contributed by atoms with Gasteiger partial charge in [-0.2, -0.15) is 0 Å². The number of sulfonamides is 1. The van der Waals surface area contributed by atoms with E-state index in [9.17, 15) is 13.2 Å². The summed E-state index contributed by atoms with van der Waals surface area (Å²) in [7, 11) is -2.41. The van der Waals surface area contributed by atoms with Crippen LogP contribution in [0, 0.1) is 20.8 Å². The Morgan fingerprint density at radius 3 is 2.23 bits per heavy atom. The Labute approximate surface area is 212 Å². The molecule has 0 aliphatic heterocycles. The molecule has 0 saturated heterocycles. The summed E-state index contributed by atoms with van der Waals surface area (Å²) in [6.07, 6.45) is 0.644. The topological polar surface area (TPSA) is 75.7 Å². The van der Waals surface area contributed by atoms with Gasteiger partial charge in [0.15, 0.2) is 0 Å². The van der Waals surface area contributed by atoms with Crippen molar-refractivity contribution >= 4 is 33.2 Å². The number of anilines is 1. The van der Waals surface area contributed by atoms with Crippen molar-refractivity contribution in [1.82, 2.24) is 5.32 Å². The lowest BCUT2D eigenvalue weighted by molar-refractivity contribution is -0.120. The van der Waals surface area contributed by atoms with Crippen molar-refractivity contribution in [1.29, 1.82) is 0 Å². The molecule has 0 spiro atoms. The van der Waals surface area contributed by atoms with Crippen molar-refractivity contribution in [2.24, 2.45) is 0 Å². The number of nitrogens with zero attached hydrogens (tertiary/aromatic N) is 1. The summed E-state index contributed by atoms with van der Waals surface area (Å²) in [5.74, 6) is 0.367. The number of hydrogen-bond acceptors (Lipinski definition) is 4. The molecular weight excluding hydrogens is 484 g/mol. The Bertz CT molecular complexity index is 1310. The molecule has 186 valence electrons. The molecule has 0 radical (unpaired) electrons. The molecule has 0 aromatic heterocycles. The van der Waals surface area contributed by atoms with Crippen molar-refractivity contribution < 1.29 is 17.9 Å². The van der Waals surface area contributed by atoms with E-state index in [1.807, 2.05) is 52.0 Å². The molecule has 0 saturated carbocycles. The third-order valence-electron chi connectivity index (χ3n) is 6.03. The summed E-state index contributed by atoms with van der Waals surface area (Å²) in [4.78, 5) is 13.3. The molecular formula is C27H31ClN2O4S. The van der Waals surface area contributed by atoms with Gasteiger partial charge in [0.2, 0.25) is 5.91 Å². The zero-order valence-electron chi connectivity index (χ0n) is 20.6. The lowest BCUT2D eigenvalue weighted by Crippen LogP contribution is -2.42. The molecule has 0 bridgehead atoms. The number of ether oxygens (including phenoxy) is 1. The van der Waals surface area contributed by atoms with E-state index in [0.29, 0.717) is 17.1 Å². The highest BCUT2D eigenvalue weighted by Crippen LogP contribution is 2.28. The van der Waals surface area contributed by atoms with Crippen LogP contribution in [0.1, 0.15) is 41.6 Å². The first-order chi connectivity index (χ1) is 16.6. The number of benzene rings is 3. The standard InChI is InChI=1S/C27H31ClN2O4S/c1-6-25(21-8-14-26(34-5)20(4)15-21)29-27(31)17-30(23-11-7-18(2)19(3)16-23)35(32,33)24-12-9-22(28)10-13-24/h7-16,25H,6,17H2,1-5H3,(H,29,31)/t25-/m1/s1. The molecule has 1 N–H and O–H groups in total. The molecule has 0 heterocycles. The van der Waals surface area contributed by atoms with E-state index in [2.05, 4.69) is 5.32 Å². The fourth-order valence-corrected chi connectivity index (χ4v) is 5.38. The molecule has 1 amide bonds. The Morgan fingerprint density at radius 2 is 1.66 bits per heavy atom. The Hall–Kier alpha value is -3.03. The van der Waals surface area contributed by atoms with E-state index in [-0.39, 0.29) is 17.5 Å². The van der Waals surface area contributed by atoms with Crippen molar-refractivity contribution in [2.75, 3.05) is 18.0 Å². The molecule has 3 aromatic rings. The largest absolute Gasteiger partial charge is 0.496 e. The van der Waals surface area contributed by atoms with Gasteiger partial charge in [-0.3, -0.25) is 9.10 Å². The van der Waals surface area contributed by atoms with Gasteiger partial charge < -0.3 is 10.1 Å². The highest BCUT2D eigenvalue weighted by molar-refractivity contribution is 7.92. The fourth-order valence-electron chi connectivity index (χ4n) is 3.84. The van der Waals surface area contributed by atoms with Crippen LogP contribution in [0.4, 0.5) is 5.69 Å². The number of aryl methyl sites for hydroxylation is 3. The van der Waals surface area contributed by atoms with Gasteiger partial charge in [-0.25, -0.2) is 8.42 Å². The number of hydrogen-bond donors (Lipinski definition) is 1. The zero-order chi connectivity index (χ0) is 25.8. The maximum Gasteiger partial charge on any atom is 0.264 e. The Morgan fingerprint density at radius 1 is 0.971 bits per heavy atom. The highest BCUT2D eigenvalue weighted by Gasteiger charge is 2.28.